The molecular formula is C25H37Cl2F2N3O5. The summed E-state index contributed by atoms with van der Waals surface area (Å²) in [6.07, 6.45) is 1.87. The third-order valence-electron chi connectivity index (χ3n) is 8.69. The van der Waals surface area contributed by atoms with E-state index < -0.39 is 46.0 Å². The number of rotatable bonds is 9. The first-order valence-corrected chi connectivity index (χ1v) is 14.1. The molecular weight excluding hydrogens is 531 g/mol. The summed E-state index contributed by atoms with van der Waals surface area (Å²) in [6.45, 7) is -0.430. The topological polar surface area (TPSA) is 120 Å². The van der Waals surface area contributed by atoms with Gasteiger partial charge in [-0.25, -0.2) is 8.78 Å². The van der Waals surface area contributed by atoms with Crippen molar-refractivity contribution in [3.8, 4) is 0 Å². The number of hydrogen-bond donors (Lipinski definition) is 3. The van der Waals surface area contributed by atoms with Crippen LogP contribution in [0.2, 0.25) is 0 Å². The molecule has 0 radical (unpaired) electrons. The lowest BCUT2D eigenvalue weighted by Gasteiger charge is -2.57. The van der Waals surface area contributed by atoms with Gasteiger partial charge in [-0.1, -0.05) is 0 Å². The molecule has 0 aliphatic heterocycles. The lowest BCUT2D eigenvalue weighted by atomic mass is 9.56. The van der Waals surface area contributed by atoms with E-state index in [9.17, 15) is 23.2 Å². The molecule has 0 aromatic heterocycles. The number of fused-ring (bicyclic) bond motifs is 3. The fourth-order valence-electron chi connectivity index (χ4n) is 6.50. The van der Waals surface area contributed by atoms with Crippen LogP contribution in [0.5, 0.6) is 0 Å². The number of alkyl halides is 4. The first-order valence-electron chi connectivity index (χ1n) is 13.2. The van der Waals surface area contributed by atoms with Gasteiger partial charge in [-0.2, -0.15) is 0 Å². The highest BCUT2D eigenvalue weighted by Gasteiger charge is 2.57. The van der Waals surface area contributed by atoms with Crippen molar-refractivity contribution in [1.82, 2.24) is 10.6 Å². The van der Waals surface area contributed by atoms with E-state index in [1.165, 1.54) is 0 Å². The Kier molecular flexibility index (Phi) is 9.24. The third-order valence-corrected chi connectivity index (χ3v) is 9.67. The maximum absolute atomic E-state index is 13.9. The molecule has 0 aromatic carbocycles. The highest BCUT2D eigenvalue weighted by atomic mass is 35.5. The number of nitrogens with one attached hydrogen (secondary N) is 2. The molecule has 5 aliphatic rings. The molecule has 3 amide bonds. The normalized spacial score (nSPS) is 41.7. The quantitative estimate of drug-likeness (QED) is 0.370. The minimum absolute atomic E-state index is 0.158. The summed E-state index contributed by atoms with van der Waals surface area (Å²) in [5.74, 6) is -1.90. The second-order valence-electron chi connectivity index (χ2n) is 11.2. The van der Waals surface area contributed by atoms with E-state index >= 15 is 0 Å². The first kappa shape index (κ1) is 28.8. The van der Waals surface area contributed by atoms with Gasteiger partial charge in [-0.3, -0.25) is 14.4 Å². The Morgan fingerprint density at radius 3 is 1.76 bits per heavy atom. The molecule has 37 heavy (non-hydrogen) atoms. The summed E-state index contributed by atoms with van der Waals surface area (Å²) >= 11 is 11.8. The first-order chi connectivity index (χ1) is 17.5. The number of ether oxygens (including phenoxy) is 2. The van der Waals surface area contributed by atoms with Gasteiger partial charge in [-0.15, -0.1) is 23.2 Å². The highest BCUT2D eigenvalue weighted by Crippen LogP contribution is 2.50. The summed E-state index contributed by atoms with van der Waals surface area (Å²) < 4.78 is 39.0. The molecule has 7 atom stereocenters. The van der Waals surface area contributed by atoms with Gasteiger partial charge in [0.15, 0.2) is 0 Å². The van der Waals surface area contributed by atoms with Crippen LogP contribution < -0.4 is 16.4 Å². The number of hydrogen-bond acceptors (Lipinski definition) is 5. The zero-order chi connectivity index (χ0) is 26.8. The molecule has 5 saturated carbocycles. The van der Waals surface area contributed by atoms with Crippen LogP contribution in [0.4, 0.5) is 8.78 Å². The van der Waals surface area contributed by atoms with Gasteiger partial charge in [0.05, 0.1) is 34.4 Å². The van der Waals surface area contributed by atoms with E-state index in [1.54, 1.807) is 0 Å². The SMILES string of the molecule is NC(=O)C1CC2(NC(=O)COC3CCC(Cl)C(F)C3)CCC1(NC(=O)COC1CCC(Cl)C(F)C1)CC2. The smallest absolute Gasteiger partial charge is 0.246 e. The van der Waals surface area contributed by atoms with E-state index in [1.807, 2.05) is 0 Å². The molecule has 2 bridgehead atoms. The van der Waals surface area contributed by atoms with E-state index in [0.29, 0.717) is 57.8 Å². The van der Waals surface area contributed by atoms with Crippen LogP contribution in [0.1, 0.15) is 70.6 Å². The number of primary amides is 1. The zero-order valence-corrected chi connectivity index (χ0v) is 22.4. The Morgan fingerprint density at radius 1 is 0.811 bits per heavy atom. The van der Waals surface area contributed by atoms with E-state index in [0.717, 1.165) is 0 Å². The molecule has 7 unspecified atom stereocenters. The molecule has 8 nitrogen and oxygen atoms in total. The van der Waals surface area contributed by atoms with Gasteiger partial charge in [-0.05, 0) is 57.8 Å². The minimum Gasteiger partial charge on any atom is -0.369 e. The minimum atomic E-state index is -1.16. The van der Waals surface area contributed by atoms with Gasteiger partial charge in [0.2, 0.25) is 17.7 Å². The van der Waals surface area contributed by atoms with Crippen LogP contribution in [0.15, 0.2) is 0 Å². The Bertz CT molecular complexity index is 860. The lowest BCUT2D eigenvalue weighted by molar-refractivity contribution is -0.143. The van der Waals surface area contributed by atoms with Crippen molar-refractivity contribution in [3.05, 3.63) is 0 Å². The average molecular weight is 568 g/mol. The summed E-state index contributed by atoms with van der Waals surface area (Å²) in [4.78, 5) is 37.9. The zero-order valence-electron chi connectivity index (χ0n) is 20.9. The summed E-state index contributed by atoms with van der Waals surface area (Å²) in [5, 5.41) is 4.99. The molecule has 4 N–H and O–H groups in total. The number of carbonyl (C=O) groups excluding carboxylic acids is 3. The van der Waals surface area contributed by atoms with Crippen molar-refractivity contribution in [2.45, 2.75) is 117 Å². The number of amides is 3. The van der Waals surface area contributed by atoms with Gasteiger partial charge in [0.25, 0.3) is 0 Å². The van der Waals surface area contributed by atoms with Crippen molar-refractivity contribution in [2.75, 3.05) is 13.2 Å². The fourth-order valence-corrected chi connectivity index (χ4v) is 6.95. The molecule has 12 heteroatoms. The molecule has 5 rings (SSSR count). The molecule has 210 valence electrons. The second-order valence-corrected chi connectivity index (χ2v) is 12.4. The highest BCUT2D eigenvalue weighted by molar-refractivity contribution is 6.21. The van der Waals surface area contributed by atoms with Gasteiger partial charge < -0.3 is 25.8 Å². The van der Waals surface area contributed by atoms with Crippen molar-refractivity contribution in [1.29, 1.82) is 0 Å². The molecule has 0 saturated heterocycles. The maximum Gasteiger partial charge on any atom is 0.246 e. The van der Waals surface area contributed by atoms with E-state index in [4.69, 9.17) is 38.4 Å². The van der Waals surface area contributed by atoms with Crippen LogP contribution in [-0.2, 0) is 23.9 Å². The Labute approximate surface area is 226 Å². The van der Waals surface area contributed by atoms with Crippen LogP contribution in [0.3, 0.4) is 0 Å². The van der Waals surface area contributed by atoms with Crippen molar-refractivity contribution < 1.29 is 32.6 Å². The van der Waals surface area contributed by atoms with Gasteiger partial charge in [0, 0.05) is 18.4 Å². The Balaban J connectivity index is 1.28. The lowest BCUT2D eigenvalue weighted by Crippen LogP contribution is -2.70. The second kappa shape index (κ2) is 11.9. The fraction of sp³-hybridized carbons (Fsp3) is 0.880. The number of halogens is 4. The van der Waals surface area contributed by atoms with Crippen LogP contribution >= 0.6 is 23.2 Å². The number of nitrogens with two attached hydrogens (primary N) is 1. The third kappa shape index (κ3) is 6.86. The van der Waals surface area contributed by atoms with Crippen LogP contribution in [-0.4, -0.2) is 77.3 Å². The van der Waals surface area contributed by atoms with E-state index in [2.05, 4.69) is 10.6 Å². The predicted octanol–water partition coefficient (Wildman–Crippen LogP) is 2.80. The molecule has 5 aliphatic carbocycles. The summed E-state index contributed by atoms with van der Waals surface area (Å²) in [7, 11) is 0. The van der Waals surface area contributed by atoms with Crippen molar-refractivity contribution in [2.24, 2.45) is 11.7 Å². The van der Waals surface area contributed by atoms with Gasteiger partial charge >= 0.3 is 0 Å². The monoisotopic (exact) mass is 567 g/mol. The average Bonchev–Trinajstić information content (AvgIpc) is 2.86. The largest absolute Gasteiger partial charge is 0.369 e. The summed E-state index contributed by atoms with van der Waals surface area (Å²) in [6, 6.07) is 0. The van der Waals surface area contributed by atoms with Crippen molar-refractivity contribution >= 4 is 40.9 Å². The van der Waals surface area contributed by atoms with E-state index in [-0.39, 0.29) is 50.1 Å². The summed E-state index contributed by atoms with van der Waals surface area (Å²) in [5.41, 5.74) is 4.33. The molecule has 0 aromatic rings. The van der Waals surface area contributed by atoms with Gasteiger partial charge in [0.1, 0.15) is 25.6 Å². The standard InChI is InChI=1S/C25H37Cl2F2N3O5/c26-17-3-1-14(9-19(17)28)36-12-21(33)31-24-5-7-25(8-6-24,16(11-24)23(30)35)32-22(34)13-37-15-2-4-18(27)20(29)10-15/h14-20H,1-13H2,(H2,30,35)(H,31,33)(H,32,34). The Morgan fingerprint density at radius 2 is 1.30 bits per heavy atom. The predicted molar refractivity (Wildman–Crippen MR) is 134 cm³/mol. The Hall–Kier alpha value is -1.23. The molecule has 0 spiro atoms. The molecule has 0 heterocycles. The maximum atomic E-state index is 13.9. The molecule has 5 fully saturated rings. The van der Waals surface area contributed by atoms with Crippen molar-refractivity contribution in [3.63, 3.8) is 0 Å². The number of carbonyl (C=O) groups is 3. The van der Waals surface area contributed by atoms with Crippen LogP contribution in [0, 0.1) is 5.92 Å². The van der Waals surface area contributed by atoms with Crippen LogP contribution in [0.25, 0.3) is 0 Å².